The largest absolute Gasteiger partial charge is 0.455 e. The number of aliphatic hydroxyl groups is 1. The van der Waals surface area contributed by atoms with E-state index in [0.717, 1.165) is 10.8 Å². The number of fused-ring (bicyclic) bond motifs is 2. The quantitative estimate of drug-likeness (QED) is 0.164. The van der Waals surface area contributed by atoms with Gasteiger partial charge in [-0.3, -0.25) is 19.2 Å². The van der Waals surface area contributed by atoms with Crippen molar-refractivity contribution in [3.63, 3.8) is 0 Å². The zero-order valence-electron chi connectivity index (χ0n) is 29.7. The number of methoxy groups -OCH3 is 1. The molecule has 1 spiro atoms. The average molecular weight is 710 g/mol. The van der Waals surface area contributed by atoms with Crippen molar-refractivity contribution < 1.29 is 38.5 Å². The fraction of sp³-hybridized carbons (Fsp3) is 0.415. The average Bonchev–Trinajstić information content (AvgIpc) is 3.81. The number of esters is 1. The second kappa shape index (κ2) is 15.8. The predicted molar refractivity (Wildman–Crippen MR) is 196 cm³/mol. The van der Waals surface area contributed by atoms with E-state index in [9.17, 15) is 24.3 Å². The third-order valence-electron chi connectivity index (χ3n) is 10.6. The highest BCUT2D eigenvalue weighted by molar-refractivity contribution is 6.05. The van der Waals surface area contributed by atoms with Gasteiger partial charge in [-0.1, -0.05) is 72.8 Å². The Morgan fingerprint density at radius 2 is 1.81 bits per heavy atom. The highest BCUT2D eigenvalue weighted by Gasteiger charge is 2.75. The lowest BCUT2D eigenvalue weighted by atomic mass is 9.70. The van der Waals surface area contributed by atoms with Crippen molar-refractivity contribution in [1.82, 2.24) is 10.2 Å². The van der Waals surface area contributed by atoms with Crippen LogP contribution in [0.4, 0.5) is 5.69 Å². The van der Waals surface area contributed by atoms with E-state index in [-0.39, 0.29) is 31.4 Å². The molecule has 0 unspecified atom stereocenters. The van der Waals surface area contributed by atoms with Crippen molar-refractivity contribution in [1.29, 1.82) is 0 Å². The summed E-state index contributed by atoms with van der Waals surface area (Å²) < 4.78 is 18.4. The third-order valence-corrected chi connectivity index (χ3v) is 10.6. The van der Waals surface area contributed by atoms with E-state index < -0.39 is 66.3 Å². The zero-order chi connectivity index (χ0) is 37.0. The molecular formula is C41H47N3O8. The van der Waals surface area contributed by atoms with Crippen LogP contribution in [0.2, 0.25) is 0 Å². The predicted octanol–water partition coefficient (Wildman–Crippen LogP) is 4.50. The molecule has 0 radical (unpaired) electrons. The summed E-state index contributed by atoms with van der Waals surface area (Å²) in [6, 6.07) is 20.0. The molecule has 8 atom stereocenters. The number of hydrogen-bond donors (Lipinski definition) is 2. The molecule has 3 aromatic rings. The standard InChI is InChI=1S/C41H47N3O8/c1-5-7-17-33(46)42-31(25-50-4)36(28-14-9-8-10-15-28)51-40(49)34-32-20-21-41(52-32)35(34)38(47)44(26(3)24-45)37(41)39(48)43(22-6-2)30-19-18-27-13-11-12-16-29(27)23-30/h5-6,8-16,18-19,23,26,31-32,34-37,45H,1-2,7,17,20-22,24-25H2,3-4H3,(H,42,46)/t26-,31-,32-,34+,35+,36-,37-,41+/m1/s1. The molecule has 11 heteroatoms. The monoisotopic (exact) mass is 709 g/mol. The zero-order valence-corrected chi connectivity index (χ0v) is 29.7. The van der Waals surface area contributed by atoms with Crippen LogP contribution < -0.4 is 10.2 Å². The number of ether oxygens (including phenoxy) is 3. The number of anilines is 1. The minimum atomic E-state index is -1.32. The minimum absolute atomic E-state index is 0.0514. The summed E-state index contributed by atoms with van der Waals surface area (Å²) in [5.41, 5.74) is -0.0616. The second-order valence-electron chi connectivity index (χ2n) is 13.8. The van der Waals surface area contributed by atoms with Crippen molar-refractivity contribution in [3.05, 3.63) is 104 Å². The van der Waals surface area contributed by atoms with Gasteiger partial charge in [-0.05, 0) is 54.7 Å². The number of rotatable bonds is 16. The van der Waals surface area contributed by atoms with Gasteiger partial charge < -0.3 is 34.4 Å². The second-order valence-corrected chi connectivity index (χ2v) is 13.8. The Kier molecular flexibility index (Phi) is 11.2. The first kappa shape index (κ1) is 36.9. The van der Waals surface area contributed by atoms with Crippen LogP contribution in [0.25, 0.3) is 10.8 Å². The Hall–Kier alpha value is -4.84. The van der Waals surface area contributed by atoms with Gasteiger partial charge in [-0.25, -0.2) is 0 Å². The molecule has 0 aromatic heterocycles. The van der Waals surface area contributed by atoms with Crippen molar-refractivity contribution in [2.24, 2.45) is 11.8 Å². The van der Waals surface area contributed by atoms with Gasteiger partial charge in [-0.2, -0.15) is 0 Å². The van der Waals surface area contributed by atoms with Crippen LogP contribution in [0.3, 0.4) is 0 Å². The lowest BCUT2D eigenvalue weighted by molar-refractivity contribution is -0.163. The van der Waals surface area contributed by atoms with Crippen LogP contribution in [0.1, 0.15) is 44.3 Å². The Morgan fingerprint density at radius 1 is 1.08 bits per heavy atom. The Morgan fingerprint density at radius 3 is 2.50 bits per heavy atom. The van der Waals surface area contributed by atoms with Crippen LogP contribution >= 0.6 is 0 Å². The van der Waals surface area contributed by atoms with Gasteiger partial charge in [0.25, 0.3) is 5.91 Å². The van der Waals surface area contributed by atoms with E-state index in [2.05, 4.69) is 18.5 Å². The number of benzene rings is 3. The summed E-state index contributed by atoms with van der Waals surface area (Å²) in [5, 5.41) is 15.3. The maximum absolute atomic E-state index is 14.9. The molecular weight excluding hydrogens is 662 g/mol. The third kappa shape index (κ3) is 6.76. The van der Waals surface area contributed by atoms with Crippen LogP contribution in [-0.4, -0.2) is 90.4 Å². The van der Waals surface area contributed by atoms with Gasteiger partial charge >= 0.3 is 5.97 Å². The number of carbonyl (C=O) groups is 4. The van der Waals surface area contributed by atoms with E-state index in [1.807, 2.05) is 60.7 Å². The lowest BCUT2D eigenvalue weighted by Crippen LogP contribution is -2.58. The first-order valence-corrected chi connectivity index (χ1v) is 17.9. The molecule has 3 amide bonds. The van der Waals surface area contributed by atoms with Crippen molar-refractivity contribution >= 4 is 40.2 Å². The van der Waals surface area contributed by atoms with Crippen LogP contribution in [0.15, 0.2) is 98.1 Å². The topological polar surface area (TPSA) is 135 Å². The molecule has 52 heavy (non-hydrogen) atoms. The van der Waals surface area contributed by atoms with E-state index >= 15 is 0 Å². The molecule has 2 N–H and O–H groups in total. The summed E-state index contributed by atoms with van der Waals surface area (Å²) in [6.07, 6.45) is 3.14. The summed E-state index contributed by atoms with van der Waals surface area (Å²) in [6.45, 7) is 9.09. The minimum Gasteiger partial charge on any atom is -0.455 e. The smallest absolute Gasteiger partial charge is 0.313 e. The van der Waals surface area contributed by atoms with E-state index in [4.69, 9.17) is 14.2 Å². The summed E-state index contributed by atoms with van der Waals surface area (Å²) in [4.78, 5) is 59.8. The first-order chi connectivity index (χ1) is 25.2. The first-order valence-electron chi connectivity index (χ1n) is 17.9. The Balaban J connectivity index is 1.35. The van der Waals surface area contributed by atoms with Crippen LogP contribution in [0.5, 0.6) is 0 Å². The van der Waals surface area contributed by atoms with Gasteiger partial charge in [0, 0.05) is 25.8 Å². The van der Waals surface area contributed by atoms with Crippen molar-refractivity contribution in [2.45, 2.75) is 68.5 Å². The van der Waals surface area contributed by atoms with Crippen molar-refractivity contribution in [3.8, 4) is 0 Å². The summed E-state index contributed by atoms with van der Waals surface area (Å²) in [7, 11) is 1.50. The molecule has 6 rings (SSSR count). The fourth-order valence-electron chi connectivity index (χ4n) is 8.27. The normalized spacial score (nSPS) is 24.9. The molecule has 3 heterocycles. The number of hydrogen-bond acceptors (Lipinski definition) is 8. The van der Waals surface area contributed by atoms with Gasteiger partial charge in [0.05, 0.1) is 43.2 Å². The summed E-state index contributed by atoms with van der Waals surface area (Å²) in [5.74, 6) is -3.79. The molecule has 0 aliphatic carbocycles. The molecule has 3 fully saturated rings. The molecule has 274 valence electrons. The number of nitrogens with zero attached hydrogens (tertiary/aromatic N) is 2. The SMILES string of the molecule is C=CCCC(=O)N[C@H](COC)[C@H](OC(=O)[C@@H]1[C@H]2C(=O)N([C@H](C)CO)[C@H](C(=O)N(CC=C)c3ccc4ccccc4c3)[C@]23CC[C@H]1O3)c1ccccc1. The lowest BCUT2D eigenvalue weighted by Gasteiger charge is -2.38. The van der Waals surface area contributed by atoms with Crippen LogP contribution in [0, 0.1) is 11.8 Å². The Bertz CT molecular complexity index is 1820. The highest BCUT2D eigenvalue weighted by atomic mass is 16.6. The number of allylic oxidation sites excluding steroid dienone is 1. The van der Waals surface area contributed by atoms with E-state index in [1.54, 1.807) is 36.1 Å². The number of aliphatic hydroxyl groups excluding tert-OH is 1. The molecule has 0 saturated carbocycles. The summed E-state index contributed by atoms with van der Waals surface area (Å²) >= 11 is 0. The number of amides is 3. The van der Waals surface area contributed by atoms with E-state index in [0.29, 0.717) is 30.5 Å². The maximum Gasteiger partial charge on any atom is 0.313 e. The molecule has 11 nitrogen and oxygen atoms in total. The molecule has 3 aromatic carbocycles. The fourth-order valence-corrected chi connectivity index (χ4v) is 8.27. The number of carbonyl (C=O) groups excluding carboxylic acids is 4. The molecule has 3 aliphatic rings. The maximum atomic E-state index is 14.9. The van der Waals surface area contributed by atoms with Crippen molar-refractivity contribution in [2.75, 3.05) is 31.8 Å². The van der Waals surface area contributed by atoms with Crippen LogP contribution in [-0.2, 0) is 33.4 Å². The van der Waals surface area contributed by atoms with Gasteiger partial charge in [0.15, 0.2) is 0 Å². The van der Waals surface area contributed by atoms with E-state index in [1.165, 1.54) is 12.0 Å². The molecule has 3 aliphatic heterocycles. The van der Waals surface area contributed by atoms with Gasteiger partial charge in [-0.15, -0.1) is 13.2 Å². The Labute approximate surface area is 304 Å². The highest BCUT2D eigenvalue weighted by Crippen LogP contribution is 2.59. The van der Waals surface area contributed by atoms with Gasteiger partial charge in [0.1, 0.15) is 17.7 Å². The number of nitrogens with one attached hydrogen (secondary N) is 1. The van der Waals surface area contributed by atoms with Gasteiger partial charge in [0.2, 0.25) is 11.8 Å². The molecule has 3 saturated heterocycles. The number of likely N-dealkylation sites (tertiary alicyclic amines) is 1. The molecule has 2 bridgehead atoms.